The van der Waals surface area contributed by atoms with Crippen LogP contribution < -0.4 is 5.32 Å². The highest BCUT2D eigenvalue weighted by atomic mass is 16.1. The van der Waals surface area contributed by atoms with Gasteiger partial charge in [0.1, 0.15) is 5.82 Å². The molecule has 0 radical (unpaired) electrons. The number of carbonyl (C=O) groups excluding carboxylic acids is 1. The Morgan fingerprint density at radius 1 is 1.04 bits per heavy atom. The molecule has 4 heteroatoms. The van der Waals surface area contributed by atoms with Crippen molar-refractivity contribution in [3.63, 3.8) is 0 Å². The summed E-state index contributed by atoms with van der Waals surface area (Å²) in [4.78, 5) is 17.2. The summed E-state index contributed by atoms with van der Waals surface area (Å²) in [7, 11) is 0. The molecule has 1 aliphatic heterocycles. The maximum atomic E-state index is 12.4. The average Bonchev–Trinajstić information content (AvgIpc) is 3.13. The molecule has 2 heterocycles. The highest BCUT2D eigenvalue weighted by Crippen LogP contribution is 2.29. The van der Waals surface area contributed by atoms with E-state index in [-0.39, 0.29) is 5.91 Å². The highest BCUT2D eigenvalue weighted by molar-refractivity contribution is 5.95. The van der Waals surface area contributed by atoms with E-state index in [0.29, 0.717) is 6.42 Å². The van der Waals surface area contributed by atoms with Gasteiger partial charge < -0.3 is 9.88 Å². The quantitative estimate of drug-likeness (QED) is 0.684. The predicted molar refractivity (Wildman–Crippen MR) is 109 cm³/mol. The first-order valence-electron chi connectivity index (χ1n) is 9.79. The standard InChI is InChI=1S/C23H25N3O/c27-23(15-8-11-18-9-2-1-3-10-18)25-20-13-5-4-12-19(20)21-17-26-16-7-6-14-22(26)24-21/h1-5,9-10,12-13,17H,6-8,11,14-16H2,(H,25,27). The maximum Gasteiger partial charge on any atom is 0.224 e. The predicted octanol–water partition coefficient (Wildman–Crippen LogP) is 4.85. The number of nitrogens with zero attached hydrogens (tertiary/aromatic N) is 2. The molecule has 0 atom stereocenters. The van der Waals surface area contributed by atoms with Crippen LogP contribution in [0.4, 0.5) is 5.69 Å². The molecule has 3 aromatic rings. The van der Waals surface area contributed by atoms with E-state index in [1.165, 1.54) is 18.4 Å². The zero-order valence-corrected chi connectivity index (χ0v) is 15.5. The Balaban J connectivity index is 1.42. The van der Waals surface area contributed by atoms with Crippen LogP contribution in [-0.4, -0.2) is 15.5 Å². The van der Waals surface area contributed by atoms with Crippen LogP contribution in [0.5, 0.6) is 0 Å². The van der Waals surface area contributed by atoms with Crippen LogP contribution in [0.2, 0.25) is 0 Å². The number of amides is 1. The molecule has 0 fully saturated rings. The summed E-state index contributed by atoms with van der Waals surface area (Å²) in [6, 6.07) is 18.3. The molecule has 4 rings (SSSR count). The summed E-state index contributed by atoms with van der Waals surface area (Å²) in [6.45, 7) is 1.04. The number of aryl methyl sites for hydroxylation is 3. The van der Waals surface area contributed by atoms with Crippen LogP contribution in [0.25, 0.3) is 11.3 Å². The van der Waals surface area contributed by atoms with Gasteiger partial charge in [-0.25, -0.2) is 4.98 Å². The molecule has 0 bridgehead atoms. The van der Waals surface area contributed by atoms with E-state index < -0.39 is 0 Å². The van der Waals surface area contributed by atoms with Crippen molar-refractivity contribution in [2.45, 2.75) is 45.1 Å². The normalized spacial score (nSPS) is 13.2. The van der Waals surface area contributed by atoms with Crippen LogP contribution >= 0.6 is 0 Å². The zero-order chi connectivity index (χ0) is 18.5. The zero-order valence-electron chi connectivity index (χ0n) is 15.5. The van der Waals surface area contributed by atoms with Gasteiger partial charge in [0.25, 0.3) is 0 Å². The molecule has 0 saturated heterocycles. The number of para-hydroxylation sites is 1. The second kappa shape index (κ2) is 8.21. The van der Waals surface area contributed by atoms with Crippen molar-refractivity contribution < 1.29 is 4.79 Å². The van der Waals surface area contributed by atoms with Gasteiger partial charge >= 0.3 is 0 Å². The van der Waals surface area contributed by atoms with Crippen LogP contribution in [0.3, 0.4) is 0 Å². The lowest BCUT2D eigenvalue weighted by Crippen LogP contribution is -2.12. The van der Waals surface area contributed by atoms with Crippen LogP contribution in [0.15, 0.2) is 60.8 Å². The van der Waals surface area contributed by atoms with Crippen LogP contribution in [0, 0.1) is 0 Å². The minimum Gasteiger partial charge on any atom is -0.334 e. The summed E-state index contributed by atoms with van der Waals surface area (Å²) in [5.74, 6) is 1.21. The van der Waals surface area contributed by atoms with Gasteiger partial charge in [-0.3, -0.25) is 4.79 Å². The van der Waals surface area contributed by atoms with Crippen LogP contribution in [0.1, 0.15) is 37.1 Å². The average molecular weight is 359 g/mol. The number of hydrogen-bond donors (Lipinski definition) is 1. The van der Waals surface area contributed by atoms with E-state index in [1.54, 1.807) is 0 Å². The molecule has 4 nitrogen and oxygen atoms in total. The molecule has 1 aliphatic rings. The van der Waals surface area contributed by atoms with Gasteiger partial charge in [0.05, 0.1) is 11.4 Å². The Morgan fingerprint density at radius 3 is 2.70 bits per heavy atom. The largest absolute Gasteiger partial charge is 0.334 e. The summed E-state index contributed by atoms with van der Waals surface area (Å²) < 4.78 is 2.25. The Labute approximate surface area is 160 Å². The topological polar surface area (TPSA) is 46.9 Å². The van der Waals surface area contributed by atoms with Crippen molar-refractivity contribution in [3.05, 3.63) is 72.2 Å². The van der Waals surface area contributed by atoms with Crippen molar-refractivity contribution in [2.24, 2.45) is 0 Å². The lowest BCUT2D eigenvalue weighted by Gasteiger charge is -2.11. The molecule has 138 valence electrons. The molecule has 0 saturated carbocycles. The number of fused-ring (bicyclic) bond motifs is 1. The number of benzene rings is 2. The first kappa shape index (κ1) is 17.5. The minimum absolute atomic E-state index is 0.0577. The Kier molecular flexibility index (Phi) is 5.33. The van der Waals surface area contributed by atoms with E-state index in [4.69, 9.17) is 4.98 Å². The second-order valence-corrected chi connectivity index (χ2v) is 7.13. The van der Waals surface area contributed by atoms with Crippen molar-refractivity contribution in [1.82, 2.24) is 9.55 Å². The number of imidazole rings is 1. The lowest BCUT2D eigenvalue weighted by atomic mass is 10.1. The number of aromatic nitrogens is 2. The fraction of sp³-hybridized carbons (Fsp3) is 0.304. The fourth-order valence-electron chi connectivity index (χ4n) is 3.67. The van der Waals surface area contributed by atoms with Gasteiger partial charge in [0, 0.05) is 31.1 Å². The molecule has 0 spiro atoms. The van der Waals surface area contributed by atoms with Gasteiger partial charge in [0.15, 0.2) is 0 Å². The number of carbonyl (C=O) groups is 1. The van der Waals surface area contributed by atoms with Crippen molar-refractivity contribution in [2.75, 3.05) is 5.32 Å². The molecular formula is C23H25N3O. The Bertz CT molecular complexity index is 891. The molecule has 1 aromatic heterocycles. The molecular weight excluding hydrogens is 334 g/mol. The van der Waals surface area contributed by atoms with E-state index in [9.17, 15) is 4.79 Å². The summed E-state index contributed by atoms with van der Waals surface area (Å²) in [6.07, 6.45) is 7.85. The van der Waals surface area contributed by atoms with Crippen LogP contribution in [-0.2, 0) is 24.2 Å². The van der Waals surface area contributed by atoms with E-state index in [0.717, 1.165) is 48.6 Å². The smallest absolute Gasteiger partial charge is 0.224 e. The van der Waals surface area contributed by atoms with Crippen molar-refractivity contribution >= 4 is 11.6 Å². The van der Waals surface area contributed by atoms with Gasteiger partial charge in [-0.15, -0.1) is 0 Å². The van der Waals surface area contributed by atoms with Crippen molar-refractivity contribution in [3.8, 4) is 11.3 Å². The van der Waals surface area contributed by atoms with Gasteiger partial charge in [-0.2, -0.15) is 0 Å². The Hall–Kier alpha value is -2.88. The summed E-state index contributed by atoms with van der Waals surface area (Å²) in [5, 5.41) is 3.09. The van der Waals surface area contributed by atoms with E-state index >= 15 is 0 Å². The van der Waals surface area contributed by atoms with Gasteiger partial charge in [0.2, 0.25) is 5.91 Å². The van der Waals surface area contributed by atoms with E-state index in [1.807, 2.05) is 42.5 Å². The van der Waals surface area contributed by atoms with E-state index in [2.05, 4.69) is 28.2 Å². The number of rotatable bonds is 6. The SMILES string of the molecule is O=C(CCCc1ccccc1)Nc1ccccc1-c1cn2c(n1)CCCC2. The molecule has 0 aliphatic carbocycles. The number of nitrogens with one attached hydrogen (secondary N) is 1. The van der Waals surface area contributed by atoms with Gasteiger partial charge in [-0.1, -0.05) is 48.5 Å². The van der Waals surface area contributed by atoms with Crippen molar-refractivity contribution in [1.29, 1.82) is 0 Å². The first-order chi connectivity index (χ1) is 13.3. The third-order valence-corrected chi connectivity index (χ3v) is 5.10. The van der Waals surface area contributed by atoms with Gasteiger partial charge in [-0.05, 0) is 37.3 Å². The monoisotopic (exact) mass is 359 g/mol. The number of hydrogen-bond acceptors (Lipinski definition) is 2. The molecule has 27 heavy (non-hydrogen) atoms. The lowest BCUT2D eigenvalue weighted by molar-refractivity contribution is -0.116. The first-order valence-corrected chi connectivity index (χ1v) is 9.79. The molecule has 1 N–H and O–H groups in total. The third kappa shape index (κ3) is 4.27. The highest BCUT2D eigenvalue weighted by Gasteiger charge is 2.16. The molecule has 2 aromatic carbocycles. The Morgan fingerprint density at radius 2 is 1.85 bits per heavy atom. The number of anilines is 1. The summed E-state index contributed by atoms with van der Waals surface area (Å²) in [5.41, 5.74) is 4.06. The molecule has 0 unspecified atom stereocenters. The minimum atomic E-state index is 0.0577. The molecule has 1 amide bonds. The summed E-state index contributed by atoms with van der Waals surface area (Å²) >= 11 is 0. The fourth-order valence-corrected chi connectivity index (χ4v) is 3.67. The maximum absolute atomic E-state index is 12.4. The second-order valence-electron chi connectivity index (χ2n) is 7.13. The third-order valence-electron chi connectivity index (χ3n) is 5.10.